The third kappa shape index (κ3) is 36.3. The van der Waals surface area contributed by atoms with Crippen molar-refractivity contribution < 1.29 is 64.6 Å². The molecule has 2 aliphatic rings. The summed E-state index contributed by atoms with van der Waals surface area (Å²) in [5, 5.41) is 87.0. The number of unbranched alkanes of at least 4 members (excludes halogenated alkanes) is 18. The summed E-state index contributed by atoms with van der Waals surface area (Å²) in [7, 11) is 0. The highest BCUT2D eigenvalue weighted by atomic mass is 16.7. The van der Waals surface area contributed by atoms with Gasteiger partial charge in [-0.3, -0.25) is 4.79 Å². The topological polar surface area (TPSA) is 228 Å². The van der Waals surface area contributed by atoms with Gasteiger partial charge in [0, 0.05) is 6.42 Å². The summed E-state index contributed by atoms with van der Waals surface area (Å²) in [5.74, 6) is -0.261. The van der Waals surface area contributed by atoms with Crippen LogP contribution in [0.1, 0.15) is 206 Å². The fourth-order valence-electron chi connectivity index (χ4n) is 9.54. The first-order chi connectivity index (χ1) is 40.1. The number of amides is 1. The molecule has 14 heteroatoms. The predicted octanol–water partition coefficient (Wildman–Crippen LogP) is 11.8. The molecule has 0 saturated carbocycles. The number of carbonyl (C=O) groups excluding carboxylic acids is 1. The molecule has 2 rings (SSSR count). The van der Waals surface area contributed by atoms with Crippen molar-refractivity contribution in [3.8, 4) is 0 Å². The molecule has 9 N–H and O–H groups in total. The third-order valence-corrected chi connectivity index (χ3v) is 14.6. The van der Waals surface area contributed by atoms with Crippen molar-refractivity contribution in [3.63, 3.8) is 0 Å². The quantitative estimate of drug-likeness (QED) is 0.0204. The lowest BCUT2D eigenvalue weighted by Gasteiger charge is -2.46. The maximum absolute atomic E-state index is 13.3. The lowest BCUT2D eigenvalue weighted by atomic mass is 9.97. The molecule has 2 aliphatic heterocycles. The van der Waals surface area contributed by atoms with E-state index in [0.29, 0.717) is 12.8 Å². The zero-order valence-corrected chi connectivity index (χ0v) is 50.4. The first-order valence-corrected chi connectivity index (χ1v) is 31.8. The Labute approximate surface area is 495 Å². The molecule has 12 atom stereocenters. The summed E-state index contributed by atoms with van der Waals surface area (Å²) in [5.41, 5.74) is 0. The smallest absolute Gasteiger partial charge is 0.220 e. The summed E-state index contributed by atoms with van der Waals surface area (Å²) in [6.45, 7) is 2.60. The van der Waals surface area contributed by atoms with E-state index in [0.717, 1.165) is 96.3 Å². The zero-order valence-electron chi connectivity index (χ0n) is 50.4. The summed E-state index contributed by atoms with van der Waals surface area (Å²) in [4.78, 5) is 13.3. The van der Waals surface area contributed by atoms with Gasteiger partial charge in [-0.25, -0.2) is 0 Å². The molecular formula is C68H113NO13. The highest BCUT2D eigenvalue weighted by Gasteiger charge is 2.51. The Bertz CT molecular complexity index is 1840. The number of ether oxygens (including phenoxy) is 4. The second-order valence-corrected chi connectivity index (χ2v) is 21.8. The average molecular weight is 1150 g/mol. The molecule has 0 aliphatic carbocycles. The van der Waals surface area contributed by atoms with Crippen LogP contribution in [-0.2, 0) is 23.7 Å². The van der Waals surface area contributed by atoms with Gasteiger partial charge in [-0.1, -0.05) is 219 Å². The largest absolute Gasteiger partial charge is 0.394 e. The normalized spacial score (nSPS) is 24.8. The van der Waals surface area contributed by atoms with E-state index in [4.69, 9.17) is 18.9 Å². The van der Waals surface area contributed by atoms with Crippen LogP contribution in [0.5, 0.6) is 0 Å². The number of nitrogens with one attached hydrogen (secondary N) is 1. The van der Waals surface area contributed by atoms with Crippen LogP contribution in [0.15, 0.2) is 122 Å². The van der Waals surface area contributed by atoms with E-state index in [1.165, 1.54) is 77.0 Å². The molecule has 2 saturated heterocycles. The summed E-state index contributed by atoms with van der Waals surface area (Å²) in [6.07, 6.45) is 58.3. The number of allylic oxidation sites excluding steroid dienone is 19. The molecule has 2 heterocycles. The molecule has 12 unspecified atom stereocenters. The van der Waals surface area contributed by atoms with E-state index >= 15 is 0 Å². The molecule has 0 bridgehead atoms. The van der Waals surface area contributed by atoms with Crippen LogP contribution in [-0.4, -0.2) is 140 Å². The molecule has 14 nitrogen and oxygen atoms in total. The summed E-state index contributed by atoms with van der Waals surface area (Å²) >= 11 is 0. The second kappa shape index (κ2) is 51.8. The first-order valence-electron chi connectivity index (χ1n) is 31.8. The van der Waals surface area contributed by atoms with Crippen LogP contribution in [0.25, 0.3) is 0 Å². The molecule has 1 amide bonds. The number of carbonyl (C=O) groups is 1. The molecule has 0 aromatic rings. The Morgan fingerprint density at radius 2 is 0.854 bits per heavy atom. The molecule has 0 spiro atoms. The molecular weight excluding hydrogens is 1040 g/mol. The Morgan fingerprint density at radius 3 is 1.34 bits per heavy atom. The van der Waals surface area contributed by atoms with Gasteiger partial charge < -0.3 is 65.1 Å². The van der Waals surface area contributed by atoms with Crippen LogP contribution >= 0.6 is 0 Å². The minimum Gasteiger partial charge on any atom is -0.394 e. The molecule has 82 heavy (non-hydrogen) atoms. The lowest BCUT2D eigenvalue weighted by Crippen LogP contribution is -2.65. The van der Waals surface area contributed by atoms with E-state index in [2.05, 4.69) is 129 Å². The second-order valence-electron chi connectivity index (χ2n) is 21.8. The van der Waals surface area contributed by atoms with Crippen molar-refractivity contribution in [3.05, 3.63) is 122 Å². The van der Waals surface area contributed by atoms with Crippen molar-refractivity contribution in [2.75, 3.05) is 19.8 Å². The van der Waals surface area contributed by atoms with Crippen molar-refractivity contribution in [2.24, 2.45) is 0 Å². The molecule has 0 aromatic heterocycles. The Morgan fingerprint density at radius 1 is 0.451 bits per heavy atom. The standard InChI is InChI=1S/C68H113NO13/c1-3-5-7-9-11-13-15-17-18-19-20-21-22-23-24-25-26-27-28-29-30-31-32-33-34-35-36-37-38-40-42-44-46-48-50-52-60(73)69-56(57(72)51-49-47-45-43-41-39-16-14-12-10-8-6-4-2)55-79-67-65(78)63(76)66(59(54-71)81-67)82-68-64(77)62(75)61(74)58(53-70)80-68/h5,7,11-14,17-18,20-21,23-24,26-27,29-30,41,43,49,51,56-59,61-68,70-72,74-78H,3-4,6,8-10,15-16,19,22,25,28,31-40,42,44-48,50,52-55H2,1-2H3,(H,69,73)/b7-5-,13-11-,14-12+,18-17-,21-20-,24-23-,27-26-,30-29-,43-41+,51-49+. The Balaban J connectivity index is 1.65. The number of aliphatic hydroxyl groups excluding tert-OH is 8. The van der Waals surface area contributed by atoms with Gasteiger partial charge in [0.2, 0.25) is 5.91 Å². The molecule has 468 valence electrons. The van der Waals surface area contributed by atoms with E-state index in [9.17, 15) is 45.6 Å². The number of hydrogen-bond donors (Lipinski definition) is 9. The number of hydrogen-bond acceptors (Lipinski definition) is 13. The van der Waals surface area contributed by atoms with Gasteiger partial charge in [-0.2, -0.15) is 0 Å². The minimum atomic E-state index is -1.80. The van der Waals surface area contributed by atoms with Gasteiger partial charge in [0.25, 0.3) is 0 Å². The monoisotopic (exact) mass is 1150 g/mol. The van der Waals surface area contributed by atoms with E-state index in [-0.39, 0.29) is 18.9 Å². The maximum Gasteiger partial charge on any atom is 0.220 e. The van der Waals surface area contributed by atoms with Crippen LogP contribution in [0.3, 0.4) is 0 Å². The first kappa shape index (κ1) is 74.5. The van der Waals surface area contributed by atoms with Crippen LogP contribution in [0.2, 0.25) is 0 Å². The van der Waals surface area contributed by atoms with Gasteiger partial charge in [0.05, 0.1) is 32.0 Å². The Hall–Kier alpha value is -3.61. The molecule has 0 aromatic carbocycles. The van der Waals surface area contributed by atoms with Crippen LogP contribution < -0.4 is 5.32 Å². The average Bonchev–Trinajstić information content (AvgIpc) is 3.56. The van der Waals surface area contributed by atoms with Gasteiger partial charge in [0.1, 0.15) is 48.8 Å². The van der Waals surface area contributed by atoms with Crippen molar-refractivity contribution in [2.45, 2.75) is 280 Å². The Kier molecular flexibility index (Phi) is 47.0. The zero-order chi connectivity index (χ0) is 59.5. The fourth-order valence-corrected chi connectivity index (χ4v) is 9.54. The van der Waals surface area contributed by atoms with Crippen LogP contribution in [0.4, 0.5) is 0 Å². The molecule has 0 radical (unpaired) electrons. The summed E-state index contributed by atoms with van der Waals surface area (Å²) < 4.78 is 22.7. The van der Waals surface area contributed by atoms with E-state index in [1.54, 1.807) is 6.08 Å². The predicted molar refractivity (Wildman–Crippen MR) is 332 cm³/mol. The van der Waals surface area contributed by atoms with Crippen molar-refractivity contribution >= 4 is 5.91 Å². The highest BCUT2D eigenvalue weighted by molar-refractivity contribution is 5.76. The summed E-state index contributed by atoms with van der Waals surface area (Å²) in [6, 6.07) is -0.945. The van der Waals surface area contributed by atoms with Crippen molar-refractivity contribution in [1.82, 2.24) is 5.32 Å². The number of rotatable bonds is 49. The van der Waals surface area contributed by atoms with Gasteiger partial charge >= 0.3 is 0 Å². The van der Waals surface area contributed by atoms with Crippen LogP contribution in [0, 0.1) is 0 Å². The molecule has 2 fully saturated rings. The lowest BCUT2D eigenvalue weighted by molar-refractivity contribution is -0.359. The van der Waals surface area contributed by atoms with Crippen molar-refractivity contribution in [1.29, 1.82) is 0 Å². The van der Waals surface area contributed by atoms with Gasteiger partial charge in [-0.15, -0.1) is 0 Å². The van der Waals surface area contributed by atoms with E-state index in [1.807, 2.05) is 6.08 Å². The SMILES string of the molecule is CC/C=C\C/C=C\C/C=C\C/C=C\C/C=C\C/C=C\C/C=C\CCCCCCCCCCCCCCCC(=O)NC(COC1OC(CO)C(OC2OC(CO)C(O)C(O)C2O)C(O)C1O)C(O)/C=C/CC/C=C/CC/C=C/CCCCC. The maximum atomic E-state index is 13.3. The van der Waals surface area contributed by atoms with Gasteiger partial charge in [0.15, 0.2) is 12.6 Å². The minimum absolute atomic E-state index is 0.261. The van der Waals surface area contributed by atoms with Gasteiger partial charge in [-0.05, 0) is 103 Å². The van der Waals surface area contributed by atoms with E-state index < -0.39 is 86.8 Å². The fraction of sp³-hybridized carbons (Fsp3) is 0.691. The number of aliphatic hydroxyl groups is 8. The third-order valence-electron chi connectivity index (χ3n) is 14.6. The highest BCUT2D eigenvalue weighted by Crippen LogP contribution is 2.30.